The van der Waals surface area contributed by atoms with E-state index in [2.05, 4.69) is 10.4 Å². The van der Waals surface area contributed by atoms with Crippen molar-refractivity contribution in [3.8, 4) is 11.5 Å². The van der Waals surface area contributed by atoms with E-state index in [1.54, 1.807) is 14.2 Å². The van der Waals surface area contributed by atoms with Crippen molar-refractivity contribution in [3.63, 3.8) is 0 Å². The summed E-state index contributed by atoms with van der Waals surface area (Å²) in [5, 5.41) is 9.09. The average Bonchev–Trinajstić information content (AvgIpc) is 3.70. The highest BCUT2D eigenvalue weighted by atomic mass is 35.5. The molecule has 9 heteroatoms. The first-order valence-electron chi connectivity index (χ1n) is 14.1. The summed E-state index contributed by atoms with van der Waals surface area (Å²) in [5.41, 5.74) is 3.20. The van der Waals surface area contributed by atoms with Crippen LogP contribution in [-0.4, -0.2) is 48.0 Å². The van der Waals surface area contributed by atoms with Gasteiger partial charge in [-0.2, -0.15) is 5.10 Å². The van der Waals surface area contributed by atoms with E-state index >= 15 is 0 Å². The van der Waals surface area contributed by atoms with Gasteiger partial charge in [0.25, 0.3) is 5.91 Å². The number of carbonyl (C=O) groups excluding carboxylic acids is 3. The zero-order chi connectivity index (χ0) is 28.5. The number of amides is 2. The number of rotatable bonds is 8. The minimum absolute atomic E-state index is 0.0324. The molecule has 2 fully saturated rings. The summed E-state index contributed by atoms with van der Waals surface area (Å²) in [5.74, 6) is 1.37. The first-order valence-corrected chi connectivity index (χ1v) is 14.4. The molecule has 0 unspecified atom stereocenters. The second-order valence-corrected chi connectivity index (χ2v) is 10.9. The number of hydrogen-bond acceptors (Lipinski definition) is 6. The van der Waals surface area contributed by atoms with Crippen molar-refractivity contribution in [3.05, 3.63) is 59.2 Å². The van der Waals surface area contributed by atoms with Crippen LogP contribution in [0.3, 0.4) is 0 Å². The van der Waals surface area contributed by atoms with Crippen LogP contribution in [0.5, 0.6) is 11.5 Å². The van der Waals surface area contributed by atoms with Gasteiger partial charge in [-0.1, -0.05) is 37.8 Å². The van der Waals surface area contributed by atoms with Gasteiger partial charge in [0.1, 0.15) is 0 Å². The lowest BCUT2D eigenvalue weighted by Gasteiger charge is -2.24. The molecular weight excluding hydrogens is 530 g/mol. The van der Waals surface area contributed by atoms with Gasteiger partial charge in [0.05, 0.1) is 26.5 Å². The Balaban J connectivity index is 0.000000398. The highest BCUT2D eigenvalue weighted by Crippen LogP contribution is 2.29. The normalized spacial score (nSPS) is 17.6. The third-order valence-corrected chi connectivity index (χ3v) is 8.02. The van der Waals surface area contributed by atoms with Crippen molar-refractivity contribution >= 4 is 34.4 Å². The van der Waals surface area contributed by atoms with Gasteiger partial charge in [-0.3, -0.25) is 14.4 Å². The molecule has 3 aliphatic rings. The number of methoxy groups -OCH3 is 2. The molecule has 1 heterocycles. The van der Waals surface area contributed by atoms with Crippen LogP contribution in [0, 0.1) is 5.92 Å². The Hall–Kier alpha value is -3.39. The van der Waals surface area contributed by atoms with E-state index in [1.165, 1.54) is 30.7 Å². The molecule has 2 amide bonds. The number of hydrogen-bond donors (Lipinski definition) is 1. The van der Waals surface area contributed by atoms with Crippen LogP contribution < -0.4 is 14.8 Å². The number of halogens is 1. The Morgan fingerprint density at radius 1 is 0.950 bits per heavy atom. The minimum Gasteiger partial charge on any atom is -0.493 e. The van der Waals surface area contributed by atoms with Gasteiger partial charge in [0.15, 0.2) is 11.5 Å². The maximum atomic E-state index is 12.6. The molecule has 2 aliphatic carbocycles. The summed E-state index contributed by atoms with van der Waals surface area (Å²) < 4.78 is 10.7. The molecule has 0 spiro atoms. The topological polar surface area (TPSA) is 97.3 Å². The maximum absolute atomic E-state index is 12.6. The minimum atomic E-state index is -0.137. The van der Waals surface area contributed by atoms with E-state index in [9.17, 15) is 14.4 Å². The quantitative estimate of drug-likeness (QED) is 0.404. The molecule has 0 atom stereocenters. The van der Waals surface area contributed by atoms with Gasteiger partial charge < -0.3 is 14.8 Å². The Labute approximate surface area is 241 Å². The molecule has 2 aromatic carbocycles. The zero-order valence-electron chi connectivity index (χ0n) is 23.3. The summed E-state index contributed by atoms with van der Waals surface area (Å²) in [4.78, 5) is 35.6. The third kappa shape index (κ3) is 7.84. The van der Waals surface area contributed by atoms with Gasteiger partial charge in [-0.25, -0.2) is 5.01 Å². The molecule has 2 aromatic rings. The second-order valence-electron chi connectivity index (χ2n) is 10.5. The molecule has 5 rings (SSSR count). The standard InChI is InChI=1S/C25H29N3O4.C6H9ClO/c1-31-22-12-10-18(15-23(22)32-2)21-11-13-24(29)28(27-21)16-17-6-5-7-19(14-17)25(30)26-20-8-3-4-9-20;7-6(8)5-3-1-2-4-5/h5-7,10,12,14-15,20H,3-4,8-9,11,13,16H2,1-2H3,(H,26,30);5H,1-4H2. The lowest BCUT2D eigenvalue weighted by Crippen LogP contribution is -2.33. The van der Waals surface area contributed by atoms with Crippen LogP contribution in [0.25, 0.3) is 0 Å². The molecule has 0 bridgehead atoms. The molecule has 40 heavy (non-hydrogen) atoms. The fraction of sp³-hybridized carbons (Fsp3) is 0.484. The monoisotopic (exact) mass is 567 g/mol. The van der Waals surface area contributed by atoms with Crippen molar-refractivity contribution in [2.24, 2.45) is 11.0 Å². The van der Waals surface area contributed by atoms with Crippen LogP contribution in [0.4, 0.5) is 0 Å². The Morgan fingerprint density at radius 3 is 2.30 bits per heavy atom. The molecule has 1 N–H and O–H groups in total. The van der Waals surface area contributed by atoms with Crippen molar-refractivity contribution in [1.82, 2.24) is 10.3 Å². The number of nitrogens with zero attached hydrogens (tertiary/aromatic N) is 2. The van der Waals surface area contributed by atoms with Crippen molar-refractivity contribution < 1.29 is 23.9 Å². The molecule has 8 nitrogen and oxygen atoms in total. The van der Waals surface area contributed by atoms with Crippen molar-refractivity contribution in [2.45, 2.75) is 76.8 Å². The lowest BCUT2D eigenvalue weighted by molar-refractivity contribution is -0.132. The summed E-state index contributed by atoms with van der Waals surface area (Å²) in [6.45, 7) is 0.320. The van der Waals surface area contributed by atoms with Gasteiger partial charge in [0.2, 0.25) is 11.1 Å². The maximum Gasteiger partial charge on any atom is 0.251 e. The highest BCUT2D eigenvalue weighted by molar-refractivity contribution is 6.64. The van der Waals surface area contributed by atoms with E-state index in [4.69, 9.17) is 21.1 Å². The van der Waals surface area contributed by atoms with E-state index in [1.807, 2.05) is 42.5 Å². The van der Waals surface area contributed by atoms with E-state index in [0.29, 0.717) is 36.4 Å². The van der Waals surface area contributed by atoms with Gasteiger partial charge in [-0.15, -0.1) is 0 Å². The third-order valence-electron chi connectivity index (χ3n) is 7.71. The first-order chi connectivity index (χ1) is 19.4. The summed E-state index contributed by atoms with van der Waals surface area (Å²) in [6, 6.07) is 13.3. The van der Waals surface area contributed by atoms with Gasteiger partial charge in [0, 0.05) is 35.9 Å². The zero-order valence-corrected chi connectivity index (χ0v) is 24.0. The second kappa shape index (κ2) is 14.3. The summed E-state index contributed by atoms with van der Waals surface area (Å²) in [6.07, 6.45) is 9.77. The van der Waals surface area contributed by atoms with Crippen LogP contribution in [0.1, 0.15) is 85.7 Å². The van der Waals surface area contributed by atoms with Gasteiger partial charge >= 0.3 is 0 Å². The average molecular weight is 568 g/mol. The van der Waals surface area contributed by atoms with Crippen LogP contribution in [0.2, 0.25) is 0 Å². The molecular formula is C31H38ClN3O5. The Bertz CT molecular complexity index is 1240. The molecule has 2 saturated carbocycles. The fourth-order valence-corrected chi connectivity index (χ4v) is 5.64. The van der Waals surface area contributed by atoms with E-state index in [0.717, 1.165) is 42.5 Å². The fourth-order valence-electron chi connectivity index (χ4n) is 5.42. The van der Waals surface area contributed by atoms with E-state index in [-0.39, 0.29) is 29.0 Å². The van der Waals surface area contributed by atoms with Crippen molar-refractivity contribution in [1.29, 1.82) is 0 Å². The summed E-state index contributed by atoms with van der Waals surface area (Å²) in [7, 11) is 3.19. The molecule has 0 radical (unpaired) electrons. The predicted molar refractivity (Wildman–Crippen MR) is 155 cm³/mol. The lowest BCUT2D eigenvalue weighted by atomic mass is 10.0. The van der Waals surface area contributed by atoms with Gasteiger partial charge in [-0.05, 0) is 73.2 Å². The van der Waals surface area contributed by atoms with E-state index < -0.39 is 0 Å². The van der Waals surface area contributed by atoms with Crippen LogP contribution in [-0.2, 0) is 16.1 Å². The number of carbonyl (C=O) groups is 3. The number of ether oxygens (including phenoxy) is 2. The number of nitrogens with one attached hydrogen (secondary N) is 1. The molecule has 0 saturated heterocycles. The van der Waals surface area contributed by atoms with Crippen molar-refractivity contribution in [2.75, 3.05) is 14.2 Å². The van der Waals surface area contributed by atoms with Crippen LogP contribution >= 0.6 is 11.6 Å². The first kappa shape index (κ1) is 29.6. The Kier molecular flexibility index (Phi) is 10.6. The molecule has 1 aliphatic heterocycles. The molecule has 0 aromatic heterocycles. The number of hydrazone groups is 1. The highest BCUT2D eigenvalue weighted by Gasteiger charge is 2.23. The summed E-state index contributed by atoms with van der Waals surface area (Å²) >= 11 is 5.25. The van der Waals surface area contributed by atoms with Crippen LogP contribution in [0.15, 0.2) is 47.6 Å². The molecule has 214 valence electrons. The SMILES string of the molecule is COc1ccc(C2=NN(Cc3cccc(C(=O)NC4CCCC4)c3)C(=O)CC2)cc1OC.O=C(Cl)C1CCCC1. The predicted octanol–water partition coefficient (Wildman–Crippen LogP) is 5.84. The largest absolute Gasteiger partial charge is 0.493 e. The smallest absolute Gasteiger partial charge is 0.251 e. The Morgan fingerprint density at radius 2 is 1.65 bits per heavy atom. The number of benzene rings is 2.